The van der Waals surface area contributed by atoms with Gasteiger partial charge in [0.15, 0.2) is 0 Å². The van der Waals surface area contributed by atoms with Crippen molar-refractivity contribution in [2.75, 3.05) is 0 Å². The zero-order valence-corrected chi connectivity index (χ0v) is 21.9. The molecule has 4 rings (SSSR count). The molecule has 0 saturated heterocycles. The van der Waals surface area contributed by atoms with Crippen molar-refractivity contribution in [3.63, 3.8) is 0 Å². The Morgan fingerprint density at radius 1 is 0.387 bits per heavy atom. The summed E-state index contributed by atoms with van der Waals surface area (Å²) in [6, 6.07) is 0. The lowest BCUT2D eigenvalue weighted by molar-refractivity contribution is 0.0330. The minimum atomic E-state index is 0.605. The summed E-state index contributed by atoms with van der Waals surface area (Å²) in [5, 5.41) is 0. The molecule has 31 heavy (non-hydrogen) atoms. The van der Waals surface area contributed by atoms with E-state index >= 15 is 0 Å². The molecule has 0 radical (unpaired) electrons. The van der Waals surface area contributed by atoms with Crippen LogP contribution in [0.5, 0.6) is 0 Å². The lowest BCUT2D eigenvalue weighted by Gasteiger charge is -2.47. The van der Waals surface area contributed by atoms with E-state index in [1.807, 2.05) is 0 Å². The fourth-order valence-electron chi connectivity index (χ4n) is 9.12. The standard InChI is InChI=1S/C31H56/c1-30(2,26-11-7-5-8-12-26)28-19-15-24(16-20-28)23-25-17-21-29(22-18-25)31(3,4)27-13-9-6-10-14-27/h24-29H,5-23H2,1-4H3. The van der Waals surface area contributed by atoms with Gasteiger partial charge in [-0.1, -0.05) is 91.9 Å². The zero-order chi connectivity index (χ0) is 21.9. The minimum Gasteiger partial charge on any atom is -0.0594 e. The van der Waals surface area contributed by atoms with E-state index in [1.165, 1.54) is 89.9 Å². The van der Waals surface area contributed by atoms with E-state index in [0.29, 0.717) is 10.8 Å². The molecule has 0 aromatic heterocycles. The number of hydrogen-bond donors (Lipinski definition) is 0. The Balaban J connectivity index is 1.19. The Morgan fingerprint density at radius 2 is 0.677 bits per heavy atom. The minimum absolute atomic E-state index is 0.605. The fourth-order valence-corrected chi connectivity index (χ4v) is 9.12. The average Bonchev–Trinajstić information content (AvgIpc) is 2.81. The predicted octanol–water partition coefficient (Wildman–Crippen LogP) is 10.2. The molecule has 0 aromatic rings. The Hall–Kier alpha value is 0. The second kappa shape index (κ2) is 10.5. The van der Waals surface area contributed by atoms with Crippen LogP contribution in [0.2, 0.25) is 0 Å². The third-order valence-corrected chi connectivity index (χ3v) is 11.8. The van der Waals surface area contributed by atoms with Gasteiger partial charge >= 0.3 is 0 Å². The van der Waals surface area contributed by atoms with Gasteiger partial charge in [0.25, 0.3) is 0 Å². The molecule has 4 aliphatic rings. The van der Waals surface area contributed by atoms with Gasteiger partial charge in [-0.25, -0.2) is 0 Å². The van der Waals surface area contributed by atoms with Crippen LogP contribution in [0.3, 0.4) is 0 Å². The van der Waals surface area contributed by atoms with Crippen LogP contribution in [0.4, 0.5) is 0 Å². The van der Waals surface area contributed by atoms with Gasteiger partial charge in [-0.15, -0.1) is 0 Å². The van der Waals surface area contributed by atoms with Crippen molar-refractivity contribution in [1.29, 1.82) is 0 Å². The molecule has 4 aliphatic carbocycles. The summed E-state index contributed by atoms with van der Waals surface area (Å²) in [6.07, 6.45) is 29.0. The van der Waals surface area contributed by atoms with Gasteiger partial charge in [-0.05, 0) is 104 Å². The maximum absolute atomic E-state index is 2.64. The molecule has 0 aromatic carbocycles. The summed E-state index contributed by atoms with van der Waals surface area (Å²) >= 11 is 0. The highest BCUT2D eigenvalue weighted by molar-refractivity contribution is 4.92. The molecule has 0 atom stereocenters. The highest BCUT2D eigenvalue weighted by Gasteiger charge is 2.41. The van der Waals surface area contributed by atoms with Crippen LogP contribution in [-0.4, -0.2) is 0 Å². The first-order valence-electron chi connectivity index (χ1n) is 14.9. The molecule has 4 fully saturated rings. The smallest absolute Gasteiger partial charge is 0.0298 e. The summed E-state index contributed by atoms with van der Waals surface area (Å²) in [5.41, 5.74) is 1.21. The van der Waals surface area contributed by atoms with E-state index in [9.17, 15) is 0 Å². The van der Waals surface area contributed by atoms with E-state index in [4.69, 9.17) is 0 Å². The van der Waals surface area contributed by atoms with Crippen LogP contribution >= 0.6 is 0 Å². The quantitative estimate of drug-likeness (QED) is 0.394. The molecule has 0 spiro atoms. The molecule has 0 bridgehead atoms. The SMILES string of the molecule is CC(C)(C1CCCCC1)C1CCC(CC2CCC(C(C)(C)C3CCCCC3)CC2)CC1. The van der Waals surface area contributed by atoms with Crippen LogP contribution in [0.15, 0.2) is 0 Å². The predicted molar refractivity (Wildman–Crippen MR) is 136 cm³/mol. The molecule has 180 valence electrons. The van der Waals surface area contributed by atoms with E-state index in [0.717, 1.165) is 35.5 Å². The van der Waals surface area contributed by atoms with Crippen LogP contribution in [0, 0.1) is 46.3 Å². The van der Waals surface area contributed by atoms with Crippen molar-refractivity contribution < 1.29 is 0 Å². The molecule has 0 heterocycles. The lowest BCUT2D eigenvalue weighted by atomic mass is 9.58. The maximum atomic E-state index is 2.64. The summed E-state index contributed by atoms with van der Waals surface area (Å²) in [5.74, 6) is 6.19. The summed E-state index contributed by atoms with van der Waals surface area (Å²) < 4.78 is 0. The Morgan fingerprint density at radius 3 is 1.00 bits per heavy atom. The molecule has 4 saturated carbocycles. The van der Waals surface area contributed by atoms with E-state index < -0.39 is 0 Å². The molecular weight excluding hydrogens is 372 g/mol. The molecule has 0 amide bonds. The second-order valence-corrected chi connectivity index (χ2v) is 14.0. The number of hydrogen-bond acceptors (Lipinski definition) is 0. The average molecular weight is 429 g/mol. The molecule has 0 aliphatic heterocycles. The zero-order valence-electron chi connectivity index (χ0n) is 21.9. The normalized spacial score (nSPS) is 35.2. The Bertz CT molecular complexity index is 466. The molecule has 0 nitrogen and oxygen atoms in total. The van der Waals surface area contributed by atoms with Gasteiger partial charge in [-0.3, -0.25) is 0 Å². The second-order valence-electron chi connectivity index (χ2n) is 14.0. The van der Waals surface area contributed by atoms with E-state index in [1.54, 1.807) is 32.1 Å². The van der Waals surface area contributed by atoms with Gasteiger partial charge < -0.3 is 0 Å². The molecule has 0 unspecified atom stereocenters. The van der Waals surface area contributed by atoms with Crippen molar-refractivity contribution in [1.82, 2.24) is 0 Å². The van der Waals surface area contributed by atoms with Gasteiger partial charge in [0, 0.05) is 0 Å². The summed E-state index contributed by atoms with van der Waals surface area (Å²) in [4.78, 5) is 0. The Labute approximate surface area is 196 Å². The van der Waals surface area contributed by atoms with Crippen molar-refractivity contribution in [3.8, 4) is 0 Å². The third kappa shape index (κ3) is 5.74. The first-order valence-corrected chi connectivity index (χ1v) is 14.9. The topological polar surface area (TPSA) is 0 Å². The van der Waals surface area contributed by atoms with Crippen molar-refractivity contribution >= 4 is 0 Å². The van der Waals surface area contributed by atoms with Gasteiger partial charge in [-0.2, -0.15) is 0 Å². The van der Waals surface area contributed by atoms with Crippen LogP contribution in [0.1, 0.15) is 150 Å². The molecular formula is C31H56. The largest absolute Gasteiger partial charge is 0.0594 e. The van der Waals surface area contributed by atoms with Crippen LogP contribution in [-0.2, 0) is 0 Å². The van der Waals surface area contributed by atoms with Crippen molar-refractivity contribution in [3.05, 3.63) is 0 Å². The lowest BCUT2D eigenvalue weighted by Crippen LogP contribution is -2.37. The fraction of sp³-hybridized carbons (Fsp3) is 1.00. The number of rotatable bonds is 6. The van der Waals surface area contributed by atoms with Crippen molar-refractivity contribution in [2.24, 2.45) is 46.3 Å². The highest BCUT2D eigenvalue weighted by Crippen LogP contribution is 2.52. The monoisotopic (exact) mass is 428 g/mol. The molecule has 0 N–H and O–H groups in total. The first kappa shape index (κ1) is 24.1. The van der Waals surface area contributed by atoms with E-state index in [2.05, 4.69) is 27.7 Å². The van der Waals surface area contributed by atoms with Crippen LogP contribution < -0.4 is 0 Å². The van der Waals surface area contributed by atoms with Gasteiger partial charge in [0.2, 0.25) is 0 Å². The Kier molecular flexibility index (Phi) is 8.18. The van der Waals surface area contributed by atoms with Gasteiger partial charge in [0.1, 0.15) is 0 Å². The third-order valence-electron chi connectivity index (χ3n) is 11.8. The van der Waals surface area contributed by atoms with E-state index in [-0.39, 0.29) is 0 Å². The van der Waals surface area contributed by atoms with Crippen molar-refractivity contribution in [2.45, 2.75) is 150 Å². The summed E-state index contributed by atoms with van der Waals surface area (Å²) in [6.45, 7) is 10.6. The van der Waals surface area contributed by atoms with Gasteiger partial charge in [0.05, 0.1) is 0 Å². The molecule has 0 heteroatoms. The maximum Gasteiger partial charge on any atom is -0.0298 e. The first-order chi connectivity index (χ1) is 14.9. The summed E-state index contributed by atoms with van der Waals surface area (Å²) in [7, 11) is 0. The highest BCUT2D eigenvalue weighted by atomic mass is 14.5. The van der Waals surface area contributed by atoms with Crippen LogP contribution in [0.25, 0.3) is 0 Å².